The normalized spacial score (nSPS) is 20.4. The molecule has 1 heterocycles. The lowest BCUT2D eigenvalue weighted by Crippen LogP contribution is -2.17. The maximum atomic E-state index is 6.41. The summed E-state index contributed by atoms with van der Waals surface area (Å²) in [6.45, 7) is 5.27. The molecule has 2 aliphatic rings. The Morgan fingerprint density at radius 1 is 1.24 bits per heavy atom. The summed E-state index contributed by atoms with van der Waals surface area (Å²) in [5.74, 6) is 3.80. The van der Waals surface area contributed by atoms with Gasteiger partial charge >= 0.3 is 0 Å². The molecule has 1 unspecified atom stereocenters. The van der Waals surface area contributed by atoms with Crippen molar-refractivity contribution < 1.29 is 0 Å². The first-order valence-corrected chi connectivity index (χ1v) is 8.68. The molecule has 2 fully saturated rings. The molecule has 0 spiro atoms. The number of aromatic nitrogens is 2. The molecule has 3 heteroatoms. The molecule has 2 aliphatic carbocycles. The zero-order valence-corrected chi connectivity index (χ0v) is 13.6. The highest BCUT2D eigenvalue weighted by atomic mass is 35.5. The largest absolute Gasteiger partial charge is 0.326 e. The van der Waals surface area contributed by atoms with E-state index in [2.05, 4.69) is 29.7 Å². The predicted octanol–water partition coefficient (Wildman–Crippen LogP) is 5.08. The van der Waals surface area contributed by atoms with E-state index in [1.807, 2.05) is 6.92 Å². The van der Waals surface area contributed by atoms with Crippen LogP contribution in [0.5, 0.6) is 0 Å². The Bertz CT molecular complexity index is 653. The Labute approximate surface area is 131 Å². The SMILES string of the molecule is Cc1ccc2c(c1)nc(C(C)Cl)n2CC(C1CC1)C1CC1. The van der Waals surface area contributed by atoms with E-state index in [9.17, 15) is 0 Å². The average Bonchev–Trinajstić information content (AvgIpc) is 3.33. The Morgan fingerprint density at radius 3 is 2.48 bits per heavy atom. The topological polar surface area (TPSA) is 17.8 Å². The number of aryl methyl sites for hydroxylation is 1. The second kappa shape index (κ2) is 5.01. The summed E-state index contributed by atoms with van der Waals surface area (Å²) >= 11 is 6.41. The van der Waals surface area contributed by atoms with Crippen LogP contribution < -0.4 is 0 Å². The van der Waals surface area contributed by atoms with Gasteiger partial charge in [0.25, 0.3) is 0 Å². The summed E-state index contributed by atoms with van der Waals surface area (Å²) in [5.41, 5.74) is 3.62. The lowest BCUT2D eigenvalue weighted by atomic mass is 9.97. The highest BCUT2D eigenvalue weighted by Crippen LogP contribution is 2.50. The van der Waals surface area contributed by atoms with Crippen LogP contribution in [-0.2, 0) is 6.54 Å². The molecule has 0 aliphatic heterocycles. The highest BCUT2D eigenvalue weighted by molar-refractivity contribution is 6.20. The first kappa shape index (κ1) is 13.6. The third-order valence-electron chi connectivity index (χ3n) is 5.14. The quantitative estimate of drug-likeness (QED) is 0.704. The van der Waals surface area contributed by atoms with Gasteiger partial charge in [0.15, 0.2) is 0 Å². The molecular weight excluding hydrogens is 280 g/mol. The van der Waals surface area contributed by atoms with Crippen molar-refractivity contribution in [1.29, 1.82) is 0 Å². The van der Waals surface area contributed by atoms with Gasteiger partial charge in [-0.25, -0.2) is 4.98 Å². The fourth-order valence-electron chi connectivity index (χ4n) is 3.70. The van der Waals surface area contributed by atoms with Gasteiger partial charge in [-0.05, 0) is 75.0 Å². The van der Waals surface area contributed by atoms with E-state index < -0.39 is 0 Å². The first-order chi connectivity index (χ1) is 10.1. The lowest BCUT2D eigenvalue weighted by Gasteiger charge is -2.19. The van der Waals surface area contributed by atoms with Crippen molar-refractivity contribution in [2.75, 3.05) is 0 Å². The molecule has 0 amide bonds. The summed E-state index contributed by atoms with van der Waals surface area (Å²) in [6.07, 6.45) is 5.72. The smallest absolute Gasteiger partial charge is 0.127 e. The van der Waals surface area contributed by atoms with Crippen LogP contribution >= 0.6 is 11.6 Å². The molecule has 1 aromatic heterocycles. The second-order valence-corrected chi connectivity index (χ2v) is 7.68. The number of nitrogens with zero attached hydrogens (tertiary/aromatic N) is 2. The second-order valence-electron chi connectivity index (χ2n) is 7.03. The first-order valence-electron chi connectivity index (χ1n) is 8.24. The van der Waals surface area contributed by atoms with Crippen LogP contribution in [-0.4, -0.2) is 9.55 Å². The molecule has 0 N–H and O–H groups in total. The molecule has 4 rings (SSSR count). The van der Waals surface area contributed by atoms with Crippen LogP contribution in [0.1, 0.15) is 49.4 Å². The molecule has 2 aromatic rings. The number of hydrogen-bond donors (Lipinski definition) is 0. The Balaban J connectivity index is 1.75. The number of alkyl halides is 1. The van der Waals surface area contributed by atoms with Crippen molar-refractivity contribution in [1.82, 2.24) is 9.55 Å². The zero-order valence-electron chi connectivity index (χ0n) is 12.8. The molecule has 21 heavy (non-hydrogen) atoms. The number of hydrogen-bond acceptors (Lipinski definition) is 1. The van der Waals surface area contributed by atoms with E-state index in [4.69, 9.17) is 16.6 Å². The van der Waals surface area contributed by atoms with Gasteiger partial charge < -0.3 is 4.57 Å². The Hall–Kier alpha value is -1.02. The van der Waals surface area contributed by atoms with E-state index in [0.29, 0.717) is 0 Å². The summed E-state index contributed by atoms with van der Waals surface area (Å²) in [7, 11) is 0. The maximum Gasteiger partial charge on any atom is 0.127 e. The van der Waals surface area contributed by atoms with Gasteiger partial charge in [-0.1, -0.05) is 6.07 Å². The van der Waals surface area contributed by atoms with Crippen LogP contribution in [0.25, 0.3) is 11.0 Å². The number of rotatable bonds is 5. The number of imidazole rings is 1. The van der Waals surface area contributed by atoms with Crippen LogP contribution in [0.15, 0.2) is 18.2 Å². The molecule has 2 nitrogen and oxygen atoms in total. The summed E-state index contributed by atoms with van der Waals surface area (Å²) in [6, 6.07) is 6.58. The summed E-state index contributed by atoms with van der Waals surface area (Å²) in [4.78, 5) is 4.82. The van der Waals surface area contributed by atoms with Gasteiger partial charge in [-0.2, -0.15) is 0 Å². The van der Waals surface area contributed by atoms with Gasteiger partial charge in [0.05, 0.1) is 16.4 Å². The fourth-order valence-corrected chi connectivity index (χ4v) is 3.86. The number of halogens is 1. The van der Waals surface area contributed by atoms with Gasteiger partial charge in [0.2, 0.25) is 0 Å². The molecule has 1 atom stereocenters. The predicted molar refractivity (Wildman–Crippen MR) is 87.7 cm³/mol. The van der Waals surface area contributed by atoms with E-state index in [1.54, 1.807) is 0 Å². The molecule has 0 radical (unpaired) electrons. The Kier molecular flexibility index (Phi) is 3.25. The fraction of sp³-hybridized carbons (Fsp3) is 0.611. The molecule has 0 saturated heterocycles. The Morgan fingerprint density at radius 2 is 1.90 bits per heavy atom. The minimum absolute atomic E-state index is 0.0308. The standard InChI is InChI=1S/C18H23ClN2/c1-11-3-8-17-16(9-11)20-18(12(2)19)21(17)10-15(13-4-5-13)14-6-7-14/h3,8-9,12-15H,4-7,10H2,1-2H3. The van der Waals surface area contributed by atoms with Crippen molar-refractivity contribution in [3.8, 4) is 0 Å². The summed E-state index contributed by atoms with van der Waals surface area (Å²) < 4.78 is 2.41. The number of fused-ring (bicyclic) bond motifs is 1. The van der Waals surface area contributed by atoms with Crippen molar-refractivity contribution in [3.63, 3.8) is 0 Å². The average molecular weight is 303 g/mol. The monoisotopic (exact) mass is 302 g/mol. The molecular formula is C18H23ClN2. The van der Waals surface area contributed by atoms with Crippen LogP contribution in [0.3, 0.4) is 0 Å². The van der Waals surface area contributed by atoms with E-state index in [-0.39, 0.29) is 5.38 Å². The third-order valence-corrected chi connectivity index (χ3v) is 5.33. The van der Waals surface area contributed by atoms with Crippen LogP contribution in [0.2, 0.25) is 0 Å². The van der Waals surface area contributed by atoms with Crippen molar-refractivity contribution in [3.05, 3.63) is 29.6 Å². The van der Waals surface area contributed by atoms with Crippen molar-refractivity contribution in [2.24, 2.45) is 17.8 Å². The van der Waals surface area contributed by atoms with E-state index >= 15 is 0 Å². The zero-order chi connectivity index (χ0) is 14.6. The molecule has 112 valence electrons. The maximum absolute atomic E-state index is 6.41. The molecule has 1 aromatic carbocycles. The van der Waals surface area contributed by atoms with Gasteiger partial charge in [0, 0.05) is 6.54 Å². The number of benzene rings is 1. The summed E-state index contributed by atoms with van der Waals surface area (Å²) in [5, 5.41) is -0.0308. The molecule has 0 bridgehead atoms. The van der Waals surface area contributed by atoms with Gasteiger partial charge in [0.1, 0.15) is 5.82 Å². The highest BCUT2D eigenvalue weighted by Gasteiger charge is 2.41. The van der Waals surface area contributed by atoms with Crippen LogP contribution in [0.4, 0.5) is 0 Å². The minimum Gasteiger partial charge on any atom is -0.326 e. The molecule has 2 saturated carbocycles. The van der Waals surface area contributed by atoms with E-state index in [1.165, 1.54) is 36.8 Å². The van der Waals surface area contributed by atoms with Crippen LogP contribution in [0, 0.1) is 24.7 Å². The van der Waals surface area contributed by atoms with Crippen molar-refractivity contribution in [2.45, 2.75) is 51.5 Å². The van der Waals surface area contributed by atoms with Gasteiger partial charge in [-0.15, -0.1) is 11.6 Å². The lowest BCUT2D eigenvalue weighted by molar-refractivity contribution is 0.348. The third kappa shape index (κ3) is 2.59. The minimum atomic E-state index is -0.0308. The van der Waals surface area contributed by atoms with Crippen molar-refractivity contribution >= 4 is 22.6 Å². The van der Waals surface area contributed by atoms with Gasteiger partial charge in [-0.3, -0.25) is 0 Å². The van der Waals surface area contributed by atoms with E-state index in [0.717, 1.165) is 35.6 Å².